The lowest BCUT2D eigenvalue weighted by atomic mass is 9.89. The molecule has 8 rings (SSSR count). The predicted octanol–water partition coefficient (Wildman–Crippen LogP) is 4.65. The molecule has 0 aliphatic carbocycles. The second-order valence-electron chi connectivity index (χ2n) is 15.3. The number of nitrogen functional groups attached to an aromatic ring is 2. The van der Waals surface area contributed by atoms with Crippen LogP contribution in [0.25, 0.3) is 22.2 Å². The number of carbonyl (C=O) groups is 1. The van der Waals surface area contributed by atoms with E-state index in [1.807, 2.05) is 36.7 Å². The first-order valence-electron chi connectivity index (χ1n) is 18.5. The molecule has 1 fully saturated rings. The largest absolute Gasteiger partial charge is 0.507 e. The maximum absolute atomic E-state index is 14.1. The Kier molecular flexibility index (Phi) is 9.13. The van der Waals surface area contributed by atoms with Crippen molar-refractivity contribution in [3.05, 3.63) is 92.7 Å². The van der Waals surface area contributed by atoms with Gasteiger partial charge in [-0.3, -0.25) is 9.79 Å². The molecule has 55 heavy (non-hydrogen) atoms. The van der Waals surface area contributed by atoms with Gasteiger partial charge in [0.05, 0.1) is 29.7 Å². The van der Waals surface area contributed by atoms with Gasteiger partial charge in [-0.15, -0.1) is 0 Å². The molecule has 1 aromatic carbocycles. The number of aliphatic hydroxyl groups excluding tert-OH is 1. The smallest absolute Gasteiger partial charge is 0.341 e. The topological polar surface area (TPSA) is 212 Å². The molecule has 1 saturated heterocycles. The van der Waals surface area contributed by atoms with Crippen molar-refractivity contribution in [3.63, 3.8) is 0 Å². The number of hydrogen-bond acceptors (Lipinski definition) is 14. The van der Waals surface area contributed by atoms with Crippen LogP contribution >= 0.6 is 0 Å². The number of aryl methyl sites for hydroxylation is 2. The Morgan fingerprint density at radius 3 is 2.71 bits per heavy atom. The summed E-state index contributed by atoms with van der Waals surface area (Å²) >= 11 is 0. The fraction of sp³-hybridized carbons (Fsp3) is 0.390. The number of esters is 1. The zero-order valence-electron chi connectivity index (χ0n) is 31.0. The fourth-order valence-corrected chi connectivity index (χ4v) is 7.85. The van der Waals surface area contributed by atoms with Gasteiger partial charge in [0.25, 0.3) is 0 Å². The number of carbonyl (C=O) groups excluding carboxylic acids is 1. The minimum atomic E-state index is -1.21. The van der Waals surface area contributed by atoms with Crippen LogP contribution in [0, 0.1) is 6.92 Å². The van der Waals surface area contributed by atoms with Crippen LogP contribution in [-0.2, 0) is 33.7 Å². The number of pyridine rings is 2. The van der Waals surface area contributed by atoms with Gasteiger partial charge in [-0.1, -0.05) is 0 Å². The predicted molar refractivity (Wildman–Crippen MR) is 205 cm³/mol. The number of epoxide rings is 1. The van der Waals surface area contributed by atoms with E-state index >= 15 is 0 Å². The monoisotopic (exact) mass is 748 g/mol. The number of aromatic nitrogens is 2. The Labute approximate surface area is 317 Å². The van der Waals surface area contributed by atoms with Gasteiger partial charge in [0.1, 0.15) is 51.6 Å². The number of phenolic OH excluding ortho intramolecular Hbond substituents is 1. The number of ether oxygens (including phenoxy) is 3. The number of anilines is 2. The molecule has 4 aliphatic rings. The number of nitrogens with zero attached hydrogens (tertiary/aromatic N) is 4. The van der Waals surface area contributed by atoms with Crippen molar-refractivity contribution in [2.45, 2.75) is 89.3 Å². The summed E-state index contributed by atoms with van der Waals surface area (Å²) < 4.78 is 24.4. The highest BCUT2D eigenvalue weighted by Gasteiger charge is 2.63. The minimum Gasteiger partial charge on any atom is -0.507 e. The molecular weight excluding hydrogens is 704 g/mol. The maximum atomic E-state index is 14.1. The molecule has 14 heteroatoms. The number of unbranched alkanes of at least 4 members (excludes halogenated alkanes) is 1. The first-order valence-corrected chi connectivity index (χ1v) is 18.5. The van der Waals surface area contributed by atoms with Crippen molar-refractivity contribution in [2.75, 3.05) is 24.6 Å². The second-order valence-corrected chi connectivity index (χ2v) is 15.3. The van der Waals surface area contributed by atoms with E-state index in [9.17, 15) is 19.8 Å². The Morgan fingerprint density at radius 2 is 1.91 bits per heavy atom. The number of phenols is 1. The number of aliphatic imine (C=N–C) groups is 1. The highest BCUT2D eigenvalue weighted by atomic mass is 16.7. The number of aliphatic hydroxyl groups is 1. The van der Waals surface area contributed by atoms with Crippen LogP contribution in [-0.4, -0.2) is 73.8 Å². The second kappa shape index (κ2) is 13.8. The molecule has 14 nitrogen and oxygen atoms in total. The Bertz CT molecular complexity index is 2370. The summed E-state index contributed by atoms with van der Waals surface area (Å²) in [6.07, 6.45) is 7.16. The van der Waals surface area contributed by atoms with Crippen molar-refractivity contribution in [2.24, 2.45) is 4.99 Å². The lowest BCUT2D eigenvalue weighted by Gasteiger charge is -2.39. The van der Waals surface area contributed by atoms with Crippen molar-refractivity contribution in [3.8, 4) is 22.8 Å². The lowest BCUT2D eigenvalue weighted by Crippen LogP contribution is -2.50. The first-order chi connectivity index (χ1) is 26.3. The van der Waals surface area contributed by atoms with Gasteiger partial charge in [-0.2, -0.15) is 0 Å². The molecule has 4 aromatic rings. The standard InChI is InChI=1S/C41H44N6O8/c1-22-12-30(49)37-32(52-22)18-31-27(38(37)50)17-34(40(2,3)54-31)53-39(51)41(9-4-5-11-48)33(55-41)7-6-23-13-28(46-35(42)14-23)25-15-26(45-36(43)16-25)20-47-19-24-8-10-44-29(24)21-47/h8,10,12-16,18,21,33-34,48,50H,4-7,9,11,17,19-20H2,1-3H3,(H2,42,46)(H2,43,45)/t33-,34-,41+/m1/s1. The molecule has 6 N–H and O–H groups in total. The summed E-state index contributed by atoms with van der Waals surface area (Å²) in [7, 11) is 0. The van der Waals surface area contributed by atoms with Crippen LogP contribution in [0.15, 0.2) is 74.1 Å². The Hall–Kier alpha value is -5.73. The molecule has 3 atom stereocenters. The van der Waals surface area contributed by atoms with Gasteiger partial charge >= 0.3 is 5.97 Å². The number of aromatic hydroxyl groups is 1. The molecule has 4 aliphatic heterocycles. The molecular formula is C41H44N6O8. The normalized spacial score (nSPS) is 21.9. The Morgan fingerprint density at radius 1 is 1.09 bits per heavy atom. The highest BCUT2D eigenvalue weighted by Crippen LogP contribution is 2.48. The van der Waals surface area contributed by atoms with Gasteiger partial charge in [0, 0.05) is 60.8 Å². The van der Waals surface area contributed by atoms with Gasteiger partial charge in [-0.05, 0) is 88.8 Å². The van der Waals surface area contributed by atoms with Crippen molar-refractivity contribution >= 4 is 34.8 Å². The van der Waals surface area contributed by atoms with E-state index in [2.05, 4.69) is 19.9 Å². The third kappa shape index (κ3) is 7.03. The van der Waals surface area contributed by atoms with E-state index in [4.69, 9.17) is 30.1 Å². The Balaban J connectivity index is 0.976. The van der Waals surface area contributed by atoms with Gasteiger partial charge in [-0.25, -0.2) is 14.8 Å². The average molecular weight is 749 g/mol. The number of allylic oxidation sites excluding steroid dienone is 1. The summed E-state index contributed by atoms with van der Waals surface area (Å²) in [5.74, 6) is 0.700. The molecule has 286 valence electrons. The van der Waals surface area contributed by atoms with Crippen molar-refractivity contribution < 1.29 is 33.6 Å². The van der Waals surface area contributed by atoms with Gasteiger partial charge in [0.2, 0.25) is 0 Å². The van der Waals surface area contributed by atoms with E-state index in [0.29, 0.717) is 73.1 Å². The summed E-state index contributed by atoms with van der Waals surface area (Å²) in [5, 5.41) is 20.8. The van der Waals surface area contributed by atoms with Crippen LogP contribution in [0.1, 0.15) is 62.1 Å². The summed E-state index contributed by atoms with van der Waals surface area (Å²) in [4.78, 5) is 42.5. The van der Waals surface area contributed by atoms with E-state index in [1.165, 1.54) is 11.6 Å². The molecule has 0 spiro atoms. The lowest BCUT2D eigenvalue weighted by molar-refractivity contribution is -0.168. The summed E-state index contributed by atoms with van der Waals surface area (Å²) in [6, 6.07) is 10.4. The number of benzene rings is 1. The zero-order chi connectivity index (χ0) is 38.6. The van der Waals surface area contributed by atoms with E-state index in [-0.39, 0.29) is 35.2 Å². The van der Waals surface area contributed by atoms with Crippen LogP contribution in [0.4, 0.5) is 11.6 Å². The first kappa shape index (κ1) is 36.3. The van der Waals surface area contributed by atoms with Gasteiger partial charge in [0.15, 0.2) is 11.0 Å². The average Bonchev–Trinajstić information content (AvgIpc) is 3.43. The van der Waals surface area contributed by atoms with Crippen molar-refractivity contribution in [1.29, 1.82) is 0 Å². The maximum Gasteiger partial charge on any atom is 0.341 e. The SMILES string of the molecule is Cc1cc(=O)c2c(O)c3c(cc2o1)OC(C)(C)[C@H](OC(=O)[C@@]1(CCCCO)O[C@@H]1CCc1cc(N)nc(-c2cc(N)nc(CN4C=C5N=CC=C5C4)c2)c1)C3. The molecule has 0 unspecified atom stereocenters. The van der Waals surface area contributed by atoms with E-state index in [0.717, 1.165) is 29.1 Å². The molecule has 0 amide bonds. The summed E-state index contributed by atoms with van der Waals surface area (Å²) in [5.41, 5.74) is 15.9. The van der Waals surface area contributed by atoms with Crippen LogP contribution in [0.2, 0.25) is 0 Å². The highest BCUT2D eigenvalue weighted by molar-refractivity contribution is 5.87. The van der Waals surface area contributed by atoms with Crippen LogP contribution in [0.3, 0.4) is 0 Å². The molecule has 7 heterocycles. The number of fused-ring (bicyclic) bond motifs is 3. The van der Waals surface area contributed by atoms with Crippen LogP contribution < -0.4 is 21.6 Å². The van der Waals surface area contributed by atoms with E-state index in [1.54, 1.807) is 32.9 Å². The number of rotatable bonds is 12. The molecule has 3 aromatic heterocycles. The third-order valence-electron chi connectivity index (χ3n) is 10.7. The third-order valence-corrected chi connectivity index (χ3v) is 10.7. The fourth-order valence-electron chi connectivity index (χ4n) is 7.85. The summed E-state index contributed by atoms with van der Waals surface area (Å²) in [6.45, 7) is 6.56. The number of hydrogen-bond donors (Lipinski definition) is 4. The van der Waals surface area contributed by atoms with E-state index < -0.39 is 29.4 Å². The van der Waals surface area contributed by atoms with Crippen LogP contribution in [0.5, 0.6) is 11.5 Å². The molecule has 0 saturated carbocycles. The molecule has 0 radical (unpaired) electrons. The molecule has 0 bridgehead atoms. The zero-order valence-corrected chi connectivity index (χ0v) is 31.0. The van der Waals surface area contributed by atoms with Gasteiger partial charge < -0.3 is 45.2 Å². The quantitative estimate of drug-likeness (QED) is 0.0884. The minimum absolute atomic E-state index is 0.0144. The van der Waals surface area contributed by atoms with Crippen molar-refractivity contribution in [1.82, 2.24) is 14.9 Å². The number of nitrogens with two attached hydrogens (primary N) is 2.